The van der Waals surface area contributed by atoms with Gasteiger partial charge in [-0.05, 0) is 75.1 Å². The molecule has 1 aliphatic carbocycles. The van der Waals surface area contributed by atoms with Gasteiger partial charge in [0.25, 0.3) is 8.32 Å². The first-order valence-electron chi connectivity index (χ1n) is 19.0. The van der Waals surface area contributed by atoms with Crippen LogP contribution in [0.25, 0.3) is 10.8 Å². The quantitative estimate of drug-likeness (QED) is 0.0892. The number of carboxylic acid groups (broad SMARTS) is 1. The summed E-state index contributed by atoms with van der Waals surface area (Å²) in [6.45, 7) is 7.00. The maximum absolute atomic E-state index is 14.3. The Kier molecular flexibility index (Phi) is 10.7. The van der Waals surface area contributed by atoms with E-state index in [4.69, 9.17) is 14.2 Å². The Labute approximate surface area is 317 Å². The molecule has 0 radical (unpaired) electrons. The van der Waals surface area contributed by atoms with Gasteiger partial charge in [0.2, 0.25) is 11.8 Å². The van der Waals surface area contributed by atoms with Crippen molar-refractivity contribution in [3.63, 3.8) is 0 Å². The smallest absolute Gasteiger partial charge is 0.487 e. The van der Waals surface area contributed by atoms with Gasteiger partial charge in [-0.15, -0.1) is 0 Å². The van der Waals surface area contributed by atoms with Crippen LogP contribution in [0, 0.1) is 17.8 Å². The highest BCUT2D eigenvalue weighted by Gasteiger charge is 2.58. The lowest BCUT2D eigenvalue weighted by Gasteiger charge is -2.45. The van der Waals surface area contributed by atoms with E-state index in [2.05, 4.69) is 45.0 Å². The van der Waals surface area contributed by atoms with E-state index in [1.54, 1.807) is 6.07 Å². The minimum absolute atomic E-state index is 0.0441. The van der Waals surface area contributed by atoms with Crippen LogP contribution in [0.15, 0.2) is 108 Å². The Morgan fingerprint density at radius 1 is 0.852 bits per heavy atom. The number of nitrogens with zero attached hydrogens (tertiary/aromatic N) is 1. The molecule has 7 rings (SSSR count). The molecule has 0 spiro atoms. The number of imide groups is 1. The van der Waals surface area contributed by atoms with Gasteiger partial charge in [0, 0.05) is 18.4 Å². The normalized spacial score (nSPS) is 21.8. The van der Waals surface area contributed by atoms with Crippen LogP contribution in [0.2, 0.25) is 5.04 Å². The number of aliphatic carboxylic acids is 1. The van der Waals surface area contributed by atoms with Crippen molar-refractivity contribution >= 4 is 54.4 Å². The molecule has 4 aromatic carbocycles. The summed E-state index contributed by atoms with van der Waals surface area (Å²) >= 11 is 0. The molecule has 2 fully saturated rings. The molecule has 2 heterocycles. The molecule has 9 nitrogen and oxygen atoms in total. The number of allylic oxidation sites excluding steroid dienone is 1. The standard InChI is InChI=1S/C43H48BNO8Si/c1-43(2,3)54(29-15-7-4-8-16-29,30-17-9-5-10-18-30)52-27-28-25-35-39(42(50)45(41(35)49)24-14-6-11-21-38(47)48)34-26-37(53-44(51)40(28)34)33-22-23-36(46)32-20-13-12-19-31(32)33/h4-5,7-10,12-13,15-20,22-23,34-35,37,39,46,51H,6,11,14,21,24-27H2,1-3H3,(H,47,48)/t34-,35-,37-,39+/m0/s1. The molecule has 0 bridgehead atoms. The van der Waals surface area contributed by atoms with Crippen molar-refractivity contribution in [3.05, 3.63) is 114 Å². The van der Waals surface area contributed by atoms with Crippen molar-refractivity contribution in [1.29, 1.82) is 0 Å². The highest BCUT2D eigenvalue weighted by Crippen LogP contribution is 2.52. The molecule has 0 aromatic heterocycles. The number of fused-ring (bicyclic) bond motifs is 4. The summed E-state index contributed by atoms with van der Waals surface area (Å²) in [4.78, 5) is 41.0. The van der Waals surface area contributed by atoms with Crippen LogP contribution >= 0.6 is 0 Å². The van der Waals surface area contributed by atoms with Crippen molar-refractivity contribution in [2.45, 2.75) is 70.4 Å². The number of hydrogen-bond donors (Lipinski definition) is 3. The number of phenolic OH excluding ortho intramolecular Hbond substituents is 1. The second-order valence-corrected chi connectivity index (χ2v) is 20.2. The molecule has 54 heavy (non-hydrogen) atoms. The fourth-order valence-corrected chi connectivity index (χ4v) is 13.8. The van der Waals surface area contributed by atoms with Crippen LogP contribution in [-0.2, 0) is 23.5 Å². The topological polar surface area (TPSA) is 134 Å². The van der Waals surface area contributed by atoms with Crippen LogP contribution in [0.1, 0.15) is 71.0 Å². The van der Waals surface area contributed by atoms with Crippen molar-refractivity contribution in [3.8, 4) is 5.75 Å². The number of unbranched alkanes of at least 4 members (excludes halogenated alkanes) is 2. The van der Waals surface area contributed by atoms with E-state index in [9.17, 15) is 24.5 Å². The minimum atomic E-state index is -3.01. The lowest BCUT2D eigenvalue weighted by Crippen LogP contribution is -2.66. The summed E-state index contributed by atoms with van der Waals surface area (Å²) in [6.07, 6.45) is 1.65. The van der Waals surface area contributed by atoms with Crippen molar-refractivity contribution < 1.29 is 38.7 Å². The van der Waals surface area contributed by atoms with E-state index >= 15 is 0 Å². The predicted octanol–water partition coefficient (Wildman–Crippen LogP) is 6.17. The van der Waals surface area contributed by atoms with Crippen molar-refractivity contribution in [1.82, 2.24) is 4.90 Å². The van der Waals surface area contributed by atoms with E-state index in [0.29, 0.717) is 36.5 Å². The molecule has 2 saturated heterocycles. The van der Waals surface area contributed by atoms with E-state index in [-0.39, 0.29) is 48.6 Å². The van der Waals surface area contributed by atoms with E-state index < -0.39 is 45.3 Å². The van der Waals surface area contributed by atoms with Gasteiger partial charge in [0.05, 0.1) is 24.5 Å². The summed E-state index contributed by atoms with van der Waals surface area (Å²) in [6, 6.07) is 31.5. The first-order chi connectivity index (χ1) is 25.9. The number of amides is 2. The molecule has 3 aliphatic rings. The Bertz CT molecular complexity index is 2030. The Morgan fingerprint density at radius 3 is 2.11 bits per heavy atom. The molecule has 280 valence electrons. The fraction of sp³-hybridized carbons (Fsp3) is 0.372. The van der Waals surface area contributed by atoms with Crippen LogP contribution in [0.3, 0.4) is 0 Å². The molecular formula is C43H48BNO8Si. The van der Waals surface area contributed by atoms with E-state index in [1.807, 2.05) is 66.7 Å². The van der Waals surface area contributed by atoms with Gasteiger partial charge in [-0.1, -0.05) is 118 Å². The summed E-state index contributed by atoms with van der Waals surface area (Å²) in [7, 11) is -4.35. The fourth-order valence-electron chi connectivity index (χ4n) is 9.30. The summed E-state index contributed by atoms with van der Waals surface area (Å²) in [5.41, 5.74) is 2.21. The molecule has 3 N–H and O–H groups in total. The number of likely N-dealkylation sites (tertiary alicyclic amines) is 1. The average molecular weight is 746 g/mol. The SMILES string of the molecule is CC(C)(C)[Si](OCC1=C2B(O)O[C@H](c3ccc(O)c4ccccc34)C[C@H]2[C@H]2C(=O)N(CCCCCC(=O)O)C(=O)[C@H]2C1)(c1ccccc1)c1ccccc1. The molecule has 0 unspecified atom stereocenters. The van der Waals surface area contributed by atoms with E-state index in [0.717, 1.165) is 26.9 Å². The highest BCUT2D eigenvalue weighted by atomic mass is 28.4. The minimum Gasteiger partial charge on any atom is -0.507 e. The number of carbonyl (C=O) groups is 3. The van der Waals surface area contributed by atoms with Gasteiger partial charge in [-0.2, -0.15) is 0 Å². The zero-order valence-electron chi connectivity index (χ0n) is 31.1. The van der Waals surface area contributed by atoms with Crippen molar-refractivity contribution in [2.24, 2.45) is 17.8 Å². The average Bonchev–Trinajstić information content (AvgIpc) is 3.39. The number of hydrogen-bond acceptors (Lipinski definition) is 7. The number of rotatable bonds is 12. The van der Waals surface area contributed by atoms with Crippen LogP contribution in [0.4, 0.5) is 0 Å². The largest absolute Gasteiger partial charge is 0.507 e. The molecular weight excluding hydrogens is 697 g/mol. The summed E-state index contributed by atoms with van der Waals surface area (Å²) in [5.74, 6) is -2.98. The number of carboxylic acids is 1. The molecule has 0 saturated carbocycles. The summed E-state index contributed by atoms with van der Waals surface area (Å²) < 4.78 is 13.8. The van der Waals surface area contributed by atoms with Gasteiger partial charge in [0.15, 0.2) is 0 Å². The summed E-state index contributed by atoms with van der Waals surface area (Å²) in [5, 5.41) is 35.1. The van der Waals surface area contributed by atoms with Crippen molar-refractivity contribution in [2.75, 3.05) is 13.2 Å². The number of aromatic hydroxyl groups is 1. The maximum atomic E-state index is 14.3. The number of phenols is 1. The lowest BCUT2D eigenvalue weighted by atomic mass is 9.55. The molecule has 2 amide bonds. The van der Waals surface area contributed by atoms with Crippen LogP contribution in [0.5, 0.6) is 5.75 Å². The Balaban J connectivity index is 1.28. The second-order valence-electron chi connectivity index (χ2n) is 15.9. The third kappa shape index (κ3) is 6.83. The first-order valence-corrected chi connectivity index (χ1v) is 20.9. The van der Waals surface area contributed by atoms with Gasteiger partial charge >= 0.3 is 13.1 Å². The first kappa shape index (κ1) is 37.8. The maximum Gasteiger partial charge on any atom is 0.487 e. The third-order valence-corrected chi connectivity index (χ3v) is 16.7. The Hall–Kier alpha value is -4.55. The second kappa shape index (κ2) is 15.3. The number of carbonyl (C=O) groups excluding carboxylic acids is 2. The molecule has 4 aromatic rings. The van der Waals surface area contributed by atoms with Crippen LogP contribution < -0.4 is 10.4 Å². The van der Waals surface area contributed by atoms with Gasteiger partial charge < -0.3 is 24.3 Å². The lowest BCUT2D eigenvalue weighted by molar-refractivity contribution is -0.141. The van der Waals surface area contributed by atoms with Crippen LogP contribution in [-0.4, -0.2) is 66.5 Å². The third-order valence-electron chi connectivity index (χ3n) is 11.7. The zero-order valence-corrected chi connectivity index (χ0v) is 32.1. The Morgan fingerprint density at radius 2 is 1.48 bits per heavy atom. The van der Waals surface area contributed by atoms with Gasteiger partial charge in [-0.3, -0.25) is 19.3 Å². The molecule has 4 atom stereocenters. The predicted molar refractivity (Wildman–Crippen MR) is 211 cm³/mol. The van der Waals surface area contributed by atoms with Gasteiger partial charge in [-0.25, -0.2) is 0 Å². The highest BCUT2D eigenvalue weighted by molar-refractivity contribution is 6.99. The monoisotopic (exact) mass is 745 g/mol. The van der Waals surface area contributed by atoms with E-state index in [1.165, 1.54) is 4.90 Å². The molecule has 11 heteroatoms. The van der Waals surface area contributed by atoms with Gasteiger partial charge in [0.1, 0.15) is 5.75 Å². The number of benzene rings is 4. The zero-order chi connectivity index (χ0) is 38.2. The molecule has 2 aliphatic heterocycles.